The molecule has 0 spiro atoms. The summed E-state index contributed by atoms with van der Waals surface area (Å²) >= 11 is 0. The lowest BCUT2D eigenvalue weighted by molar-refractivity contribution is 0.109. The van der Waals surface area contributed by atoms with Gasteiger partial charge in [0.2, 0.25) is 5.76 Å². The number of aldehydes is 1. The molecular weight excluding hydrogens is 159 g/mol. The molecule has 1 aromatic heterocycles. The van der Waals surface area contributed by atoms with Crippen LogP contribution >= 0.6 is 0 Å². The molecule has 0 aliphatic rings. The number of benzene rings is 1. The molecule has 0 aliphatic carbocycles. The molecule has 2 rings (SSSR count). The van der Waals surface area contributed by atoms with Gasteiger partial charge in [0.1, 0.15) is 5.58 Å². The number of hydrogen-bond donors (Lipinski definition) is 0. The van der Waals surface area contributed by atoms with E-state index in [1.54, 1.807) is 24.3 Å². The van der Waals surface area contributed by atoms with E-state index in [1.165, 1.54) is 0 Å². The maximum Gasteiger partial charge on any atom is 0.203 e. The molecule has 2 nitrogen and oxygen atoms in total. The summed E-state index contributed by atoms with van der Waals surface area (Å²) in [6, 6.07) is 6.60. The summed E-state index contributed by atoms with van der Waals surface area (Å²) in [4.78, 5) is 10.3. The summed E-state index contributed by atoms with van der Waals surface area (Å²) in [5.41, 5.74) is 0.400. The van der Waals surface area contributed by atoms with Crippen LogP contribution in [0.25, 0.3) is 11.0 Å². The third kappa shape index (κ3) is 0.830. The van der Waals surface area contributed by atoms with Crippen molar-refractivity contribution in [2.45, 2.75) is 0 Å². The van der Waals surface area contributed by atoms with Gasteiger partial charge in [0.25, 0.3) is 0 Å². The van der Waals surface area contributed by atoms with Crippen molar-refractivity contribution in [2.24, 2.45) is 0 Å². The predicted molar refractivity (Wildman–Crippen MR) is 41.6 cm³/mol. The van der Waals surface area contributed by atoms with Crippen LogP contribution in [0, 0.1) is 5.82 Å². The Bertz CT molecular complexity index is 431. The number of para-hydroxylation sites is 1. The van der Waals surface area contributed by atoms with Crippen molar-refractivity contribution in [1.82, 2.24) is 0 Å². The molecule has 0 atom stereocenters. The third-order valence-electron chi connectivity index (χ3n) is 1.67. The molecular formula is C9H5FO2. The van der Waals surface area contributed by atoms with E-state index in [4.69, 9.17) is 4.42 Å². The first-order chi connectivity index (χ1) is 5.83. The smallest absolute Gasteiger partial charge is 0.203 e. The molecule has 12 heavy (non-hydrogen) atoms. The first kappa shape index (κ1) is 7.03. The summed E-state index contributed by atoms with van der Waals surface area (Å²) < 4.78 is 18.0. The van der Waals surface area contributed by atoms with Gasteiger partial charge in [-0.05, 0) is 12.1 Å². The van der Waals surface area contributed by atoms with Gasteiger partial charge >= 0.3 is 0 Å². The SMILES string of the molecule is O=Cc1oc2ccccc2c1F. The van der Waals surface area contributed by atoms with E-state index < -0.39 is 5.82 Å². The van der Waals surface area contributed by atoms with Crippen molar-refractivity contribution in [3.63, 3.8) is 0 Å². The number of carbonyl (C=O) groups excluding carboxylic acids is 1. The molecule has 0 amide bonds. The summed E-state index contributed by atoms with van der Waals surface area (Å²) in [7, 11) is 0. The van der Waals surface area contributed by atoms with Crippen LogP contribution in [0.15, 0.2) is 28.7 Å². The van der Waals surface area contributed by atoms with Crippen LogP contribution in [-0.4, -0.2) is 6.29 Å². The van der Waals surface area contributed by atoms with Crippen LogP contribution in [0.5, 0.6) is 0 Å². The summed E-state index contributed by atoms with van der Waals surface area (Å²) in [5, 5.41) is 0.347. The fourth-order valence-electron chi connectivity index (χ4n) is 1.11. The zero-order valence-electron chi connectivity index (χ0n) is 6.08. The van der Waals surface area contributed by atoms with E-state index in [-0.39, 0.29) is 5.76 Å². The Kier molecular flexibility index (Phi) is 1.43. The van der Waals surface area contributed by atoms with E-state index in [0.717, 1.165) is 0 Å². The van der Waals surface area contributed by atoms with Gasteiger partial charge in [-0.2, -0.15) is 0 Å². The average Bonchev–Trinajstić information content (AvgIpc) is 2.44. The first-order valence-electron chi connectivity index (χ1n) is 3.45. The number of rotatable bonds is 1. The summed E-state index contributed by atoms with van der Waals surface area (Å²) in [6.07, 6.45) is 0.370. The Labute approximate surface area is 67.6 Å². The van der Waals surface area contributed by atoms with Gasteiger partial charge in [-0.25, -0.2) is 4.39 Å². The molecule has 0 saturated carbocycles. The second kappa shape index (κ2) is 2.44. The molecule has 60 valence electrons. The second-order valence-electron chi connectivity index (χ2n) is 2.39. The van der Waals surface area contributed by atoms with Crippen LogP contribution in [0.3, 0.4) is 0 Å². The standard InChI is InChI=1S/C9H5FO2/c10-9-6-3-1-2-4-7(6)12-8(9)5-11/h1-5H. The molecule has 0 unspecified atom stereocenters. The molecule has 2 aromatic rings. The zero-order valence-corrected chi connectivity index (χ0v) is 6.08. The van der Waals surface area contributed by atoms with Gasteiger partial charge in [0.05, 0.1) is 5.39 Å². The fourth-order valence-corrected chi connectivity index (χ4v) is 1.11. The van der Waals surface area contributed by atoms with Gasteiger partial charge in [-0.1, -0.05) is 12.1 Å². The Morgan fingerprint density at radius 2 is 2.08 bits per heavy atom. The largest absolute Gasteiger partial charge is 0.450 e. The van der Waals surface area contributed by atoms with E-state index >= 15 is 0 Å². The highest BCUT2D eigenvalue weighted by molar-refractivity contribution is 5.85. The van der Waals surface area contributed by atoms with Gasteiger partial charge < -0.3 is 4.42 Å². The van der Waals surface area contributed by atoms with Crippen molar-refractivity contribution < 1.29 is 13.6 Å². The van der Waals surface area contributed by atoms with Crippen molar-refractivity contribution >= 4 is 17.3 Å². The van der Waals surface area contributed by atoms with Crippen molar-refractivity contribution in [2.75, 3.05) is 0 Å². The minimum absolute atomic E-state index is 0.240. The Morgan fingerprint density at radius 1 is 1.33 bits per heavy atom. The molecule has 0 bridgehead atoms. The van der Waals surface area contributed by atoms with Crippen LogP contribution < -0.4 is 0 Å². The lowest BCUT2D eigenvalue weighted by Gasteiger charge is -1.82. The van der Waals surface area contributed by atoms with Gasteiger partial charge in [0, 0.05) is 0 Å². The molecule has 0 radical (unpaired) electrons. The second-order valence-corrected chi connectivity index (χ2v) is 2.39. The topological polar surface area (TPSA) is 30.2 Å². The van der Waals surface area contributed by atoms with E-state index in [9.17, 15) is 9.18 Å². The summed E-state index contributed by atoms with van der Waals surface area (Å²) in [5.74, 6) is -0.822. The predicted octanol–water partition coefficient (Wildman–Crippen LogP) is 2.38. The first-order valence-corrected chi connectivity index (χ1v) is 3.45. The molecule has 0 N–H and O–H groups in total. The molecule has 1 heterocycles. The third-order valence-corrected chi connectivity index (χ3v) is 1.67. The van der Waals surface area contributed by atoms with E-state index in [1.807, 2.05) is 0 Å². The number of furan rings is 1. The molecule has 0 saturated heterocycles. The van der Waals surface area contributed by atoms with E-state index in [0.29, 0.717) is 17.3 Å². The molecule has 1 aromatic carbocycles. The molecule has 3 heteroatoms. The Balaban J connectivity index is 2.87. The van der Waals surface area contributed by atoms with Gasteiger partial charge in [0.15, 0.2) is 12.1 Å². The van der Waals surface area contributed by atoms with Crippen LogP contribution in [-0.2, 0) is 0 Å². The minimum atomic E-state index is -0.583. The normalized spacial score (nSPS) is 10.4. The van der Waals surface area contributed by atoms with Crippen LogP contribution in [0.1, 0.15) is 10.6 Å². The Morgan fingerprint density at radius 3 is 2.75 bits per heavy atom. The fraction of sp³-hybridized carbons (Fsp3) is 0. The zero-order chi connectivity index (χ0) is 8.55. The lowest BCUT2D eigenvalue weighted by Crippen LogP contribution is -1.77. The number of fused-ring (bicyclic) bond motifs is 1. The maximum absolute atomic E-state index is 13.1. The maximum atomic E-state index is 13.1. The molecule has 0 fully saturated rings. The quantitative estimate of drug-likeness (QED) is 0.605. The monoisotopic (exact) mass is 164 g/mol. The van der Waals surface area contributed by atoms with Gasteiger partial charge in [-0.3, -0.25) is 4.79 Å². The van der Waals surface area contributed by atoms with Gasteiger partial charge in [-0.15, -0.1) is 0 Å². The van der Waals surface area contributed by atoms with Crippen molar-refractivity contribution in [1.29, 1.82) is 0 Å². The highest BCUT2D eigenvalue weighted by Gasteiger charge is 2.11. The minimum Gasteiger partial charge on any atom is -0.450 e. The lowest BCUT2D eigenvalue weighted by atomic mass is 10.2. The highest BCUT2D eigenvalue weighted by Crippen LogP contribution is 2.22. The summed E-state index contributed by atoms with van der Waals surface area (Å²) in [6.45, 7) is 0. The number of carbonyl (C=O) groups is 1. The molecule has 0 aliphatic heterocycles. The van der Waals surface area contributed by atoms with Crippen molar-refractivity contribution in [3.8, 4) is 0 Å². The number of hydrogen-bond acceptors (Lipinski definition) is 2. The highest BCUT2D eigenvalue weighted by atomic mass is 19.1. The van der Waals surface area contributed by atoms with Crippen molar-refractivity contribution in [3.05, 3.63) is 35.8 Å². The number of halogens is 1. The Hall–Kier alpha value is -1.64. The van der Waals surface area contributed by atoms with Crippen LogP contribution in [0.4, 0.5) is 4.39 Å². The van der Waals surface area contributed by atoms with E-state index in [2.05, 4.69) is 0 Å². The van der Waals surface area contributed by atoms with Crippen LogP contribution in [0.2, 0.25) is 0 Å². The average molecular weight is 164 g/mol.